The molecule has 2 atom stereocenters. The lowest BCUT2D eigenvalue weighted by Gasteiger charge is -2.34. The molecular formula is C10H20N2O. The fraction of sp³-hybridized carbons (Fsp3) is 1.00. The van der Waals surface area contributed by atoms with Gasteiger partial charge in [0.15, 0.2) is 0 Å². The molecular weight excluding hydrogens is 164 g/mol. The van der Waals surface area contributed by atoms with Crippen molar-refractivity contribution in [3.05, 3.63) is 0 Å². The maximum Gasteiger partial charge on any atom is 0.0543 e. The molecule has 0 aromatic carbocycles. The molecule has 76 valence electrons. The molecule has 0 amide bonds. The van der Waals surface area contributed by atoms with Gasteiger partial charge in [-0.15, -0.1) is 0 Å². The van der Waals surface area contributed by atoms with Gasteiger partial charge in [0.1, 0.15) is 0 Å². The van der Waals surface area contributed by atoms with Gasteiger partial charge in [-0.25, -0.2) is 0 Å². The smallest absolute Gasteiger partial charge is 0.0543 e. The van der Waals surface area contributed by atoms with E-state index in [2.05, 4.69) is 5.32 Å². The van der Waals surface area contributed by atoms with Crippen molar-refractivity contribution in [2.75, 3.05) is 6.54 Å². The Hall–Kier alpha value is -0.120. The van der Waals surface area contributed by atoms with E-state index in [1.165, 1.54) is 6.42 Å². The summed E-state index contributed by atoms with van der Waals surface area (Å²) < 4.78 is 0. The highest BCUT2D eigenvalue weighted by atomic mass is 16.3. The van der Waals surface area contributed by atoms with Crippen molar-refractivity contribution >= 4 is 0 Å². The Morgan fingerprint density at radius 2 is 2.00 bits per heavy atom. The zero-order valence-electron chi connectivity index (χ0n) is 8.08. The Morgan fingerprint density at radius 1 is 1.23 bits per heavy atom. The zero-order chi connectivity index (χ0) is 9.26. The fourth-order valence-electron chi connectivity index (χ4n) is 2.40. The molecule has 2 aliphatic rings. The van der Waals surface area contributed by atoms with E-state index in [1.54, 1.807) is 0 Å². The normalized spacial score (nSPS) is 44.8. The monoisotopic (exact) mass is 184 g/mol. The van der Waals surface area contributed by atoms with E-state index >= 15 is 0 Å². The molecule has 0 aromatic rings. The lowest BCUT2D eigenvalue weighted by atomic mass is 9.87. The van der Waals surface area contributed by atoms with Crippen LogP contribution in [-0.4, -0.2) is 29.8 Å². The van der Waals surface area contributed by atoms with E-state index in [-0.39, 0.29) is 6.10 Å². The number of hydrogen-bond acceptors (Lipinski definition) is 3. The van der Waals surface area contributed by atoms with Crippen molar-refractivity contribution in [1.29, 1.82) is 0 Å². The van der Waals surface area contributed by atoms with Crippen molar-refractivity contribution in [2.24, 2.45) is 11.7 Å². The quantitative estimate of drug-likeness (QED) is 0.588. The van der Waals surface area contributed by atoms with Crippen LogP contribution in [0.4, 0.5) is 0 Å². The topological polar surface area (TPSA) is 58.3 Å². The molecule has 2 fully saturated rings. The Labute approximate surface area is 79.7 Å². The Kier molecular flexibility index (Phi) is 2.86. The average molecular weight is 184 g/mol. The molecule has 2 rings (SSSR count). The third-order valence-corrected chi connectivity index (χ3v) is 3.38. The summed E-state index contributed by atoms with van der Waals surface area (Å²) in [7, 11) is 0. The number of nitrogens with one attached hydrogen (secondary N) is 1. The van der Waals surface area contributed by atoms with Crippen LogP contribution in [0.25, 0.3) is 0 Å². The summed E-state index contributed by atoms with van der Waals surface area (Å²) in [6.45, 7) is 1.08. The van der Waals surface area contributed by atoms with Crippen LogP contribution in [-0.2, 0) is 0 Å². The summed E-state index contributed by atoms with van der Waals surface area (Å²) in [5, 5.41) is 12.9. The third-order valence-electron chi connectivity index (χ3n) is 3.38. The highest BCUT2D eigenvalue weighted by molar-refractivity contribution is 4.88. The van der Waals surface area contributed by atoms with Crippen LogP contribution >= 0.6 is 0 Å². The zero-order valence-corrected chi connectivity index (χ0v) is 8.08. The van der Waals surface area contributed by atoms with Gasteiger partial charge in [0.25, 0.3) is 0 Å². The second kappa shape index (κ2) is 3.95. The largest absolute Gasteiger partial charge is 0.393 e. The molecule has 0 spiro atoms. The van der Waals surface area contributed by atoms with Gasteiger partial charge in [-0.1, -0.05) is 0 Å². The predicted octanol–water partition coefficient (Wildman–Crippen LogP) is 0.227. The van der Waals surface area contributed by atoms with E-state index in [1.807, 2.05) is 0 Å². The van der Waals surface area contributed by atoms with Crippen LogP contribution in [0.3, 0.4) is 0 Å². The lowest BCUT2D eigenvalue weighted by Crippen LogP contribution is -2.49. The Morgan fingerprint density at radius 3 is 2.54 bits per heavy atom. The van der Waals surface area contributed by atoms with E-state index in [9.17, 15) is 5.11 Å². The molecule has 0 aliphatic heterocycles. The van der Waals surface area contributed by atoms with Gasteiger partial charge in [0.05, 0.1) is 6.10 Å². The maximum absolute atomic E-state index is 9.33. The van der Waals surface area contributed by atoms with Crippen molar-refractivity contribution in [1.82, 2.24) is 5.32 Å². The maximum atomic E-state index is 9.33. The van der Waals surface area contributed by atoms with Crippen LogP contribution in [0.5, 0.6) is 0 Å². The minimum atomic E-state index is -0.0320. The third kappa shape index (κ3) is 2.42. The molecule has 0 radical (unpaired) electrons. The molecule has 4 N–H and O–H groups in total. The van der Waals surface area contributed by atoms with Gasteiger partial charge in [-0.2, -0.15) is 0 Å². The Bertz CT molecular complexity index is 168. The first-order valence-corrected chi connectivity index (χ1v) is 5.41. The van der Waals surface area contributed by atoms with E-state index < -0.39 is 0 Å². The van der Waals surface area contributed by atoms with Crippen LogP contribution in [0, 0.1) is 5.92 Å². The molecule has 2 aliphatic carbocycles. The summed E-state index contributed by atoms with van der Waals surface area (Å²) in [5.41, 5.74) is 5.69. The average Bonchev–Trinajstić information content (AvgIpc) is 2.43. The molecule has 3 heteroatoms. The molecule has 2 saturated carbocycles. The molecule has 2 unspecified atom stereocenters. The number of nitrogens with two attached hydrogens (primary N) is 1. The van der Waals surface area contributed by atoms with Crippen molar-refractivity contribution in [3.63, 3.8) is 0 Å². The first-order valence-electron chi connectivity index (χ1n) is 5.41. The first-order chi connectivity index (χ1) is 6.24. The van der Waals surface area contributed by atoms with E-state index in [0.717, 1.165) is 32.2 Å². The highest BCUT2D eigenvalue weighted by Crippen LogP contribution is 2.25. The van der Waals surface area contributed by atoms with Crippen molar-refractivity contribution < 1.29 is 5.11 Å². The summed E-state index contributed by atoms with van der Waals surface area (Å²) in [6, 6.07) is 1.10. The predicted molar refractivity (Wildman–Crippen MR) is 52.3 cm³/mol. The SMILES string of the molecule is NC1CC(NCC2CCC(O)C2)C1. The van der Waals surface area contributed by atoms with Gasteiger partial charge < -0.3 is 16.2 Å². The van der Waals surface area contributed by atoms with Crippen molar-refractivity contribution in [2.45, 2.75) is 50.3 Å². The summed E-state index contributed by atoms with van der Waals surface area (Å²) >= 11 is 0. The molecule has 3 nitrogen and oxygen atoms in total. The number of aliphatic hydroxyl groups is 1. The minimum absolute atomic E-state index is 0.0320. The second-order valence-electron chi connectivity index (χ2n) is 4.67. The Balaban J connectivity index is 1.58. The van der Waals surface area contributed by atoms with Crippen LogP contribution < -0.4 is 11.1 Å². The van der Waals surface area contributed by atoms with Gasteiger partial charge >= 0.3 is 0 Å². The van der Waals surface area contributed by atoms with Crippen LogP contribution in [0.2, 0.25) is 0 Å². The van der Waals surface area contributed by atoms with Gasteiger partial charge in [0.2, 0.25) is 0 Å². The first kappa shape index (κ1) is 9.44. The van der Waals surface area contributed by atoms with Crippen molar-refractivity contribution in [3.8, 4) is 0 Å². The van der Waals surface area contributed by atoms with Gasteiger partial charge in [-0.05, 0) is 44.6 Å². The summed E-state index contributed by atoms with van der Waals surface area (Å²) in [6.07, 6.45) is 5.41. The number of rotatable bonds is 3. The van der Waals surface area contributed by atoms with E-state index in [4.69, 9.17) is 5.73 Å². The summed E-state index contributed by atoms with van der Waals surface area (Å²) in [4.78, 5) is 0. The molecule has 0 heterocycles. The minimum Gasteiger partial charge on any atom is -0.393 e. The molecule has 13 heavy (non-hydrogen) atoms. The van der Waals surface area contributed by atoms with E-state index in [0.29, 0.717) is 18.0 Å². The van der Waals surface area contributed by atoms with Gasteiger partial charge in [0, 0.05) is 12.1 Å². The highest BCUT2D eigenvalue weighted by Gasteiger charge is 2.28. The second-order valence-corrected chi connectivity index (χ2v) is 4.67. The summed E-state index contributed by atoms with van der Waals surface area (Å²) in [5.74, 6) is 0.701. The standard InChI is InChI=1S/C10H20N2O/c11-8-4-9(5-8)12-6-7-1-2-10(13)3-7/h7-10,12-13H,1-6,11H2. The number of hydrogen-bond donors (Lipinski definition) is 3. The number of aliphatic hydroxyl groups excluding tert-OH is 1. The molecule has 0 saturated heterocycles. The van der Waals surface area contributed by atoms with Crippen LogP contribution in [0.15, 0.2) is 0 Å². The van der Waals surface area contributed by atoms with Gasteiger partial charge in [-0.3, -0.25) is 0 Å². The molecule has 0 bridgehead atoms. The lowest BCUT2D eigenvalue weighted by molar-refractivity contribution is 0.176. The van der Waals surface area contributed by atoms with Crippen LogP contribution in [0.1, 0.15) is 32.1 Å². The molecule has 0 aromatic heterocycles. The fourth-order valence-corrected chi connectivity index (χ4v) is 2.40.